The number of aryl methyl sites for hydroxylation is 1. The van der Waals surface area contributed by atoms with Crippen LogP contribution in [0.15, 0.2) is 24.4 Å². The Bertz CT molecular complexity index is 887. The Morgan fingerprint density at radius 2 is 2.00 bits per heavy atom. The highest BCUT2D eigenvalue weighted by atomic mass is 19.3. The van der Waals surface area contributed by atoms with Crippen molar-refractivity contribution in [3.63, 3.8) is 0 Å². The average Bonchev–Trinajstić information content (AvgIpc) is 3.02. The fourth-order valence-corrected chi connectivity index (χ4v) is 3.48. The van der Waals surface area contributed by atoms with E-state index in [0.29, 0.717) is 37.6 Å². The number of fused-ring (bicyclic) bond motifs is 1. The molecule has 3 rings (SSSR count). The van der Waals surface area contributed by atoms with E-state index in [1.165, 1.54) is 11.5 Å². The highest BCUT2D eigenvalue weighted by Crippen LogP contribution is 2.28. The molecule has 2 N–H and O–H groups in total. The van der Waals surface area contributed by atoms with Gasteiger partial charge in [-0.1, -0.05) is 6.58 Å². The van der Waals surface area contributed by atoms with Gasteiger partial charge < -0.3 is 15.2 Å². The maximum Gasteiger partial charge on any atom is 0.304 e. The Morgan fingerprint density at radius 1 is 1.29 bits per heavy atom. The zero-order valence-corrected chi connectivity index (χ0v) is 15.9. The molecule has 1 aromatic carbocycles. The van der Waals surface area contributed by atoms with E-state index in [1.807, 2.05) is 4.90 Å². The van der Waals surface area contributed by atoms with Crippen LogP contribution in [0.1, 0.15) is 36.1 Å². The molecule has 1 unspecified atom stereocenters. The van der Waals surface area contributed by atoms with Gasteiger partial charge in [-0.2, -0.15) is 8.78 Å². The summed E-state index contributed by atoms with van der Waals surface area (Å²) in [7, 11) is 0. The summed E-state index contributed by atoms with van der Waals surface area (Å²) in [6.07, 6.45) is 0.527. The first-order valence-electron chi connectivity index (χ1n) is 8.99. The van der Waals surface area contributed by atoms with E-state index in [0.717, 1.165) is 19.1 Å². The van der Waals surface area contributed by atoms with Gasteiger partial charge in [0.15, 0.2) is 5.82 Å². The molecule has 1 atom stereocenters. The average molecular weight is 397 g/mol. The van der Waals surface area contributed by atoms with Crippen LogP contribution in [-0.2, 0) is 25.4 Å². The van der Waals surface area contributed by atoms with Gasteiger partial charge in [0, 0.05) is 38.2 Å². The number of aromatic nitrogens is 3. The summed E-state index contributed by atoms with van der Waals surface area (Å²) >= 11 is 0. The third-order valence-electron chi connectivity index (χ3n) is 4.87. The van der Waals surface area contributed by atoms with E-state index in [-0.39, 0.29) is 23.4 Å². The third-order valence-corrected chi connectivity index (χ3v) is 4.87. The lowest BCUT2D eigenvalue weighted by Gasteiger charge is -2.32. The highest BCUT2D eigenvalue weighted by Gasteiger charge is 2.34. The number of nitrogens with zero attached hydrogens (tertiary/aromatic N) is 4. The summed E-state index contributed by atoms with van der Waals surface area (Å²) in [6, 6.07) is 1.83. The molecular weight excluding hydrogens is 374 g/mol. The van der Waals surface area contributed by atoms with E-state index in [4.69, 9.17) is 5.73 Å². The fourth-order valence-electron chi connectivity index (χ4n) is 3.48. The van der Waals surface area contributed by atoms with Gasteiger partial charge >= 0.3 is 5.92 Å². The zero-order valence-electron chi connectivity index (χ0n) is 15.9. The van der Waals surface area contributed by atoms with Gasteiger partial charge in [0.25, 0.3) is 0 Å². The van der Waals surface area contributed by atoms with Gasteiger partial charge in [0.1, 0.15) is 11.6 Å². The summed E-state index contributed by atoms with van der Waals surface area (Å²) in [6.45, 7) is 7.39. The number of rotatable bonds is 6. The smallest absolute Gasteiger partial charge is 0.304 e. The van der Waals surface area contributed by atoms with Crippen molar-refractivity contribution < 1.29 is 17.6 Å². The van der Waals surface area contributed by atoms with Crippen LogP contribution in [0, 0.1) is 18.6 Å². The molecule has 9 heteroatoms. The minimum atomic E-state index is -3.06. The van der Waals surface area contributed by atoms with Crippen molar-refractivity contribution in [3.05, 3.63) is 58.8 Å². The van der Waals surface area contributed by atoms with Crippen molar-refractivity contribution in [2.24, 2.45) is 5.73 Å². The monoisotopic (exact) mass is 397 g/mol. The standard InChI is InChI=1S/C19H23F4N5/c1-11-6-14(20)8-13(17(11)21)9-15(24)7-12(2)27-4-5-28-16(10-27)25-26-18(28)19(3,22)23/h6,8,15H,2,4-5,7,9-10,24H2,1,3H3. The van der Waals surface area contributed by atoms with Gasteiger partial charge in [-0.15, -0.1) is 10.2 Å². The Labute approximate surface area is 160 Å². The van der Waals surface area contributed by atoms with Crippen LogP contribution >= 0.6 is 0 Å². The lowest BCUT2D eigenvalue weighted by molar-refractivity contribution is 0.00240. The topological polar surface area (TPSA) is 60.0 Å². The number of benzene rings is 1. The van der Waals surface area contributed by atoms with E-state index in [9.17, 15) is 17.6 Å². The first-order valence-corrected chi connectivity index (χ1v) is 8.99. The molecule has 5 nitrogen and oxygen atoms in total. The second-order valence-corrected chi connectivity index (χ2v) is 7.33. The van der Waals surface area contributed by atoms with Crippen LogP contribution in [0.25, 0.3) is 0 Å². The fraction of sp³-hybridized carbons (Fsp3) is 0.474. The minimum Gasteiger partial charge on any atom is -0.366 e. The normalized spacial score (nSPS) is 15.5. The van der Waals surface area contributed by atoms with Crippen molar-refractivity contribution in [2.75, 3.05) is 6.54 Å². The molecule has 152 valence electrons. The summed E-state index contributed by atoms with van der Waals surface area (Å²) < 4.78 is 56.3. The van der Waals surface area contributed by atoms with E-state index in [1.54, 1.807) is 0 Å². The molecule has 0 fully saturated rings. The Hall–Kier alpha value is -2.42. The zero-order chi connectivity index (χ0) is 20.6. The molecule has 0 saturated heterocycles. The van der Waals surface area contributed by atoms with Crippen LogP contribution in [0.2, 0.25) is 0 Å². The van der Waals surface area contributed by atoms with Crippen LogP contribution in [-0.4, -0.2) is 32.3 Å². The molecule has 1 aliphatic heterocycles. The molecule has 0 saturated carbocycles. The number of halogens is 4. The number of alkyl halides is 2. The number of nitrogens with two attached hydrogens (primary N) is 1. The van der Waals surface area contributed by atoms with Gasteiger partial charge in [-0.3, -0.25) is 0 Å². The molecule has 0 bridgehead atoms. The first kappa shape index (κ1) is 20.3. The van der Waals surface area contributed by atoms with E-state index >= 15 is 0 Å². The number of hydrogen-bond acceptors (Lipinski definition) is 4. The predicted molar refractivity (Wildman–Crippen MR) is 96.5 cm³/mol. The molecule has 1 aliphatic rings. The van der Waals surface area contributed by atoms with Gasteiger partial charge in [-0.05, 0) is 36.6 Å². The third kappa shape index (κ3) is 4.19. The van der Waals surface area contributed by atoms with E-state index < -0.39 is 23.6 Å². The Kier molecular flexibility index (Phi) is 5.47. The minimum absolute atomic E-state index is 0.166. The SMILES string of the molecule is C=C(CC(N)Cc1cc(F)cc(C)c1F)N1CCn2c(nnc2C(C)(F)F)C1. The highest BCUT2D eigenvalue weighted by molar-refractivity contribution is 5.27. The lowest BCUT2D eigenvalue weighted by atomic mass is 10.00. The first-order chi connectivity index (χ1) is 13.1. The number of hydrogen-bond donors (Lipinski definition) is 1. The predicted octanol–water partition coefficient (Wildman–Crippen LogP) is 3.27. The molecule has 28 heavy (non-hydrogen) atoms. The summed E-state index contributed by atoms with van der Waals surface area (Å²) in [5.41, 5.74) is 7.29. The van der Waals surface area contributed by atoms with Crippen molar-refractivity contribution in [1.82, 2.24) is 19.7 Å². The van der Waals surface area contributed by atoms with Crippen molar-refractivity contribution in [3.8, 4) is 0 Å². The molecular formula is C19H23F4N5. The summed E-state index contributed by atoms with van der Waals surface area (Å²) in [5.74, 6) is -3.92. The Balaban J connectivity index is 1.64. The van der Waals surface area contributed by atoms with Gasteiger partial charge in [0.05, 0.1) is 6.54 Å². The second-order valence-electron chi connectivity index (χ2n) is 7.33. The van der Waals surface area contributed by atoms with Crippen LogP contribution in [0.4, 0.5) is 17.6 Å². The lowest BCUT2D eigenvalue weighted by Crippen LogP contribution is -2.36. The molecule has 0 spiro atoms. The quantitative estimate of drug-likeness (QED) is 0.760. The summed E-state index contributed by atoms with van der Waals surface area (Å²) in [5, 5.41) is 7.47. The maximum atomic E-state index is 14.2. The maximum absolute atomic E-state index is 14.2. The molecule has 0 amide bonds. The molecule has 0 aliphatic carbocycles. The van der Waals surface area contributed by atoms with Gasteiger partial charge in [0.2, 0.25) is 5.82 Å². The Morgan fingerprint density at radius 3 is 2.68 bits per heavy atom. The molecule has 1 aromatic heterocycles. The van der Waals surface area contributed by atoms with Crippen LogP contribution in [0.5, 0.6) is 0 Å². The van der Waals surface area contributed by atoms with Crippen LogP contribution in [0.3, 0.4) is 0 Å². The van der Waals surface area contributed by atoms with E-state index in [2.05, 4.69) is 16.8 Å². The van der Waals surface area contributed by atoms with Crippen molar-refractivity contribution >= 4 is 0 Å². The molecule has 2 aromatic rings. The van der Waals surface area contributed by atoms with Crippen molar-refractivity contribution in [1.29, 1.82) is 0 Å². The molecule has 0 radical (unpaired) electrons. The second kappa shape index (κ2) is 7.54. The van der Waals surface area contributed by atoms with Gasteiger partial charge in [-0.25, -0.2) is 8.78 Å². The summed E-state index contributed by atoms with van der Waals surface area (Å²) in [4.78, 5) is 1.90. The molecule has 2 heterocycles. The van der Waals surface area contributed by atoms with Crippen LogP contribution < -0.4 is 5.73 Å². The van der Waals surface area contributed by atoms with Crippen molar-refractivity contribution in [2.45, 2.75) is 51.7 Å². The largest absolute Gasteiger partial charge is 0.366 e.